The number of rotatable bonds is 2. The Labute approximate surface area is 122 Å². The molecule has 1 atom stereocenters. The highest BCUT2D eigenvalue weighted by Crippen LogP contribution is 2.47. The Morgan fingerprint density at radius 1 is 1.20 bits per heavy atom. The minimum Gasteiger partial charge on any atom is -0.487 e. The molecule has 20 heavy (non-hydrogen) atoms. The zero-order valence-electron chi connectivity index (χ0n) is 13.1. The zero-order chi connectivity index (χ0) is 14.2. The number of aryl methyl sites for hydroxylation is 1. The lowest BCUT2D eigenvalue weighted by Gasteiger charge is -2.45. The molecule has 1 saturated carbocycles. The Kier molecular flexibility index (Phi) is 3.76. The van der Waals surface area contributed by atoms with Crippen LogP contribution in [0.3, 0.4) is 0 Å². The maximum Gasteiger partial charge on any atom is 0.128 e. The second kappa shape index (κ2) is 5.40. The highest BCUT2D eigenvalue weighted by Gasteiger charge is 2.42. The summed E-state index contributed by atoms with van der Waals surface area (Å²) >= 11 is 0. The molecule has 2 aliphatic rings. The molecule has 1 aliphatic carbocycles. The monoisotopic (exact) mass is 273 g/mol. The number of benzene rings is 1. The molecule has 0 bridgehead atoms. The van der Waals surface area contributed by atoms with Gasteiger partial charge in [-0.25, -0.2) is 0 Å². The maximum atomic E-state index is 6.61. The highest BCUT2D eigenvalue weighted by atomic mass is 16.5. The molecule has 1 heterocycles. The third kappa shape index (κ3) is 2.35. The van der Waals surface area contributed by atoms with Crippen molar-refractivity contribution in [1.82, 2.24) is 5.32 Å². The molecule has 2 heteroatoms. The van der Waals surface area contributed by atoms with Gasteiger partial charge in [0.1, 0.15) is 11.4 Å². The topological polar surface area (TPSA) is 21.3 Å². The van der Waals surface area contributed by atoms with E-state index in [9.17, 15) is 0 Å². The Bertz CT molecular complexity index is 488. The predicted octanol–water partition coefficient (Wildman–Crippen LogP) is 4.44. The van der Waals surface area contributed by atoms with Gasteiger partial charge in [-0.3, -0.25) is 0 Å². The van der Waals surface area contributed by atoms with Gasteiger partial charge in [0.25, 0.3) is 0 Å². The molecule has 1 unspecified atom stereocenters. The van der Waals surface area contributed by atoms with E-state index in [0.29, 0.717) is 6.04 Å². The molecule has 1 spiro atoms. The number of hydrogen-bond acceptors (Lipinski definition) is 2. The van der Waals surface area contributed by atoms with Crippen molar-refractivity contribution in [2.45, 2.75) is 70.9 Å². The zero-order valence-corrected chi connectivity index (χ0v) is 13.1. The molecule has 0 aromatic heterocycles. The Morgan fingerprint density at radius 2 is 1.95 bits per heavy atom. The van der Waals surface area contributed by atoms with E-state index in [1.807, 2.05) is 0 Å². The summed E-state index contributed by atoms with van der Waals surface area (Å²) in [5.41, 5.74) is 4.13. The molecule has 1 aliphatic heterocycles. The van der Waals surface area contributed by atoms with Gasteiger partial charge in [-0.05, 0) is 57.2 Å². The molecule has 1 aromatic carbocycles. The van der Waals surface area contributed by atoms with Gasteiger partial charge in [0, 0.05) is 18.0 Å². The summed E-state index contributed by atoms with van der Waals surface area (Å²) in [4.78, 5) is 0. The lowest BCUT2D eigenvalue weighted by Crippen LogP contribution is -2.45. The van der Waals surface area contributed by atoms with Crippen molar-refractivity contribution in [2.75, 3.05) is 6.54 Å². The number of hydrogen-bond donors (Lipinski definition) is 1. The molecule has 0 radical (unpaired) electrons. The molecule has 3 rings (SSSR count). The van der Waals surface area contributed by atoms with Crippen molar-refractivity contribution < 1.29 is 4.74 Å². The fourth-order valence-electron chi connectivity index (χ4n) is 3.89. The molecule has 1 aromatic rings. The van der Waals surface area contributed by atoms with Gasteiger partial charge in [-0.1, -0.05) is 25.5 Å². The smallest absolute Gasteiger partial charge is 0.128 e. The quantitative estimate of drug-likeness (QED) is 0.860. The first-order valence-corrected chi connectivity index (χ1v) is 8.18. The van der Waals surface area contributed by atoms with Crippen LogP contribution in [0, 0.1) is 13.8 Å². The fourth-order valence-corrected chi connectivity index (χ4v) is 3.89. The predicted molar refractivity (Wildman–Crippen MR) is 83.4 cm³/mol. The summed E-state index contributed by atoms with van der Waals surface area (Å²) in [6.07, 6.45) is 7.59. The van der Waals surface area contributed by atoms with Gasteiger partial charge in [0.2, 0.25) is 0 Å². The largest absolute Gasteiger partial charge is 0.487 e. The second-order valence-electron chi connectivity index (χ2n) is 6.59. The van der Waals surface area contributed by atoms with Crippen LogP contribution >= 0.6 is 0 Å². The average Bonchev–Trinajstić information content (AvgIpc) is 2.45. The van der Waals surface area contributed by atoms with Crippen LogP contribution < -0.4 is 10.1 Å². The first kappa shape index (κ1) is 13.9. The van der Waals surface area contributed by atoms with Gasteiger partial charge in [-0.2, -0.15) is 0 Å². The van der Waals surface area contributed by atoms with Crippen LogP contribution in [-0.2, 0) is 0 Å². The summed E-state index contributed by atoms with van der Waals surface area (Å²) in [5, 5.41) is 3.68. The summed E-state index contributed by atoms with van der Waals surface area (Å²) in [7, 11) is 0. The average molecular weight is 273 g/mol. The molecule has 1 N–H and O–H groups in total. The molecular formula is C18H27NO. The third-order valence-electron chi connectivity index (χ3n) is 5.19. The first-order valence-electron chi connectivity index (χ1n) is 8.18. The van der Waals surface area contributed by atoms with Gasteiger partial charge < -0.3 is 10.1 Å². The van der Waals surface area contributed by atoms with Crippen LogP contribution in [0.2, 0.25) is 0 Å². The van der Waals surface area contributed by atoms with Crippen LogP contribution in [0.25, 0.3) is 0 Å². The molecule has 0 saturated heterocycles. The number of fused-ring (bicyclic) bond motifs is 1. The van der Waals surface area contributed by atoms with Crippen LogP contribution in [0.4, 0.5) is 0 Å². The van der Waals surface area contributed by atoms with Crippen molar-refractivity contribution in [2.24, 2.45) is 0 Å². The summed E-state index contributed by atoms with van der Waals surface area (Å²) in [5.74, 6) is 1.17. The van der Waals surface area contributed by atoms with Crippen molar-refractivity contribution in [3.05, 3.63) is 28.8 Å². The number of ether oxygens (including phenoxy) is 1. The van der Waals surface area contributed by atoms with E-state index in [0.717, 1.165) is 13.0 Å². The second-order valence-corrected chi connectivity index (χ2v) is 6.59. The minimum absolute atomic E-state index is 0.0939. The minimum atomic E-state index is 0.0939. The van der Waals surface area contributed by atoms with Crippen LogP contribution in [0.1, 0.15) is 68.2 Å². The van der Waals surface area contributed by atoms with Gasteiger partial charge >= 0.3 is 0 Å². The van der Waals surface area contributed by atoms with Crippen LogP contribution in [-0.4, -0.2) is 12.1 Å². The summed E-state index contributed by atoms with van der Waals surface area (Å²) in [6, 6.07) is 4.96. The van der Waals surface area contributed by atoms with Crippen molar-refractivity contribution in [1.29, 1.82) is 0 Å². The summed E-state index contributed by atoms with van der Waals surface area (Å²) < 4.78 is 6.61. The Morgan fingerprint density at radius 3 is 2.65 bits per heavy atom. The third-order valence-corrected chi connectivity index (χ3v) is 5.19. The maximum absolute atomic E-state index is 6.61. The standard InChI is InChI=1S/C18H27NO/c1-4-19-16-12-18(10-6-5-7-11-18)20-17-14(3)13(2)8-9-15(16)17/h8-9,16,19H,4-7,10-12H2,1-3H3. The van der Waals surface area contributed by atoms with Gasteiger partial charge in [0.05, 0.1) is 0 Å². The van der Waals surface area contributed by atoms with Crippen molar-refractivity contribution in [3.8, 4) is 5.75 Å². The van der Waals surface area contributed by atoms with E-state index >= 15 is 0 Å². The SMILES string of the molecule is CCNC1CC2(CCCCC2)Oc2c1ccc(C)c2C. The van der Waals surface area contributed by atoms with E-state index < -0.39 is 0 Å². The number of nitrogens with one attached hydrogen (secondary N) is 1. The molecule has 0 amide bonds. The van der Waals surface area contributed by atoms with E-state index in [2.05, 4.69) is 38.2 Å². The summed E-state index contributed by atoms with van der Waals surface area (Å²) in [6.45, 7) is 7.61. The Hall–Kier alpha value is -1.02. The molecule has 1 fully saturated rings. The fraction of sp³-hybridized carbons (Fsp3) is 0.667. The molecule has 2 nitrogen and oxygen atoms in total. The van der Waals surface area contributed by atoms with Crippen molar-refractivity contribution in [3.63, 3.8) is 0 Å². The Balaban J connectivity index is 2.01. The lowest BCUT2D eigenvalue weighted by atomic mass is 9.76. The van der Waals surface area contributed by atoms with E-state index in [4.69, 9.17) is 4.74 Å². The van der Waals surface area contributed by atoms with E-state index in [1.165, 1.54) is 54.5 Å². The van der Waals surface area contributed by atoms with Crippen LogP contribution in [0.15, 0.2) is 12.1 Å². The van der Waals surface area contributed by atoms with E-state index in [-0.39, 0.29) is 5.60 Å². The van der Waals surface area contributed by atoms with Crippen molar-refractivity contribution >= 4 is 0 Å². The van der Waals surface area contributed by atoms with Gasteiger partial charge in [0.15, 0.2) is 0 Å². The highest BCUT2D eigenvalue weighted by molar-refractivity contribution is 5.48. The normalized spacial score (nSPS) is 24.2. The van der Waals surface area contributed by atoms with Gasteiger partial charge in [-0.15, -0.1) is 0 Å². The molecular weight excluding hydrogens is 246 g/mol. The lowest BCUT2D eigenvalue weighted by molar-refractivity contribution is -0.00314. The van der Waals surface area contributed by atoms with E-state index in [1.54, 1.807) is 0 Å². The molecule has 110 valence electrons. The van der Waals surface area contributed by atoms with Crippen LogP contribution in [0.5, 0.6) is 5.75 Å². The first-order chi connectivity index (χ1) is 9.65.